The average molecular weight is 370 g/mol. The highest BCUT2D eigenvalue weighted by molar-refractivity contribution is 6.30. The molecule has 0 amide bonds. The van der Waals surface area contributed by atoms with Gasteiger partial charge in [0.05, 0.1) is 7.11 Å². The Balaban J connectivity index is 1.73. The molecule has 0 fully saturated rings. The number of anilines is 4. The Morgan fingerprint density at radius 1 is 1.08 bits per heavy atom. The van der Waals surface area contributed by atoms with E-state index in [2.05, 4.69) is 20.6 Å². The van der Waals surface area contributed by atoms with E-state index in [4.69, 9.17) is 22.1 Å². The van der Waals surface area contributed by atoms with Crippen LogP contribution in [0.15, 0.2) is 48.8 Å². The number of benzene rings is 2. The van der Waals surface area contributed by atoms with Gasteiger partial charge in [0.2, 0.25) is 0 Å². The smallest absolute Gasteiger partial charge is 0.159 e. The Hall–Kier alpha value is -2.99. The number of aromatic nitrogens is 2. The number of hydrogen-bond acceptors (Lipinski definition) is 6. The largest absolute Gasteiger partial charge is 0.497 e. The lowest BCUT2D eigenvalue weighted by Gasteiger charge is -2.14. The highest BCUT2D eigenvalue weighted by Gasteiger charge is 2.09. The Morgan fingerprint density at radius 2 is 1.81 bits per heavy atom. The molecule has 4 N–H and O–H groups in total. The van der Waals surface area contributed by atoms with E-state index < -0.39 is 0 Å². The highest BCUT2D eigenvalue weighted by atomic mass is 35.5. The third kappa shape index (κ3) is 4.15. The van der Waals surface area contributed by atoms with E-state index in [1.807, 2.05) is 49.4 Å². The van der Waals surface area contributed by atoms with Gasteiger partial charge < -0.3 is 21.1 Å². The number of methoxy groups -OCH3 is 1. The summed E-state index contributed by atoms with van der Waals surface area (Å²) in [7, 11) is 1.64. The fraction of sp³-hybridized carbons (Fsp3) is 0.158. The lowest BCUT2D eigenvalue weighted by Crippen LogP contribution is -2.08. The van der Waals surface area contributed by atoms with Crippen LogP contribution in [0.25, 0.3) is 0 Å². The van der Waals surface area contributed by atoms with Gasteiger partial charge >= 0.3 is 0 Å². The summed E-state index contributed by atoms with van der Waals surface area (Å²) in [6.45, 7) is 2.55. The van der Waals surface area contributed by atoms with Gasteiger partial charge in [0.15, 0.2) is 11.6 Å². The molecule has 3 aromatic rings. The molecular weight excluding hydrogens is 350 g/mol. The topological polar surface area (TPSA) is 85.1 Å². The fourth-order valence-corrected chi connectivity index (χ4v) is 2.69. The van der Waals surface area contributed by atoms with Crippen molar-refractivity contribution in [3.05, 3.63) is 64.9 Å². The fourth-order valence-electron chi connectivity index (χ4n) is 2.46. The number of ether oxygens (including phenoxy) is 1. The first-order valence-corrected chi connectivity index (χ1v) is 8.45. The number of hydrogen-bond donors (Lipinski definition) is 3. The first kappa shape index (κ1) is 17.8. The molecule has 2 aromatic carbocycles. The molecular formula is C19H20ClN5O. The van der Waals surface area contributed by atoms with E-state index in [1.54, 1.807) is 7.11 Å². The van der Waals surface area contributed by atoms with Gasteiger partial charge in [-0.15, -0.1) is 0 Å². The minimum absolute atomic E-state index is 0.454. The molecule has 0 saturated carbocycles. The number of nitrogen functional groups attached to an aromatic ring is 1. The number of aryl methyl sites for hydroxylation is 1. The normalized spacial score (nSPS) is 10.4. The summed E-state index contributed by atoms with van der Waals surface area (Å²) in [4.78, 5) is 8.47. The molecule has 0 saturated heterocycles. The summed E-state index contributed by atoms with van der Waals surface area (Å²) < 4.78 is 5.16. The predicted molar refractivity (Wildman–Crippen MR) is 106 cm³/mol. The number of nitrogens with two attached hydrogens (primary N) is 1. The number of rotatable bonds is 6. The Bertz CT molecular complexity index is 899. The third-order valence-electron chi connectivity index (χ3n) is 3.94. The second-order valence-corrected chi connectivity index (χ2v) is 6.21. The van der Waals surface area contributed by atoms with Gasteiger partial charge in [-0.3, -0.25) is 0 Å². The number of nitrogens with one attached hydrogen (secondary N) is 2. The third-order valence-corrected chi connectivity index (χ3v) is 4.18. The molecule has 6 nitrogen and oxygen atoms in total. The summed E-state index contributed by atoms with van der Waals surface area (Å²) >= 11 is 6.00. The van der Waals surface area contributed by atoms with Gasteiger partial charge in [0.25, 0.3) is 0 Å². The average Bonchev–Trinajstić information content (AvgIpc) is 2.65. The molecule has 0 atom stereocenters. The lowest BCUT2D eigenvalue weighted by atomic mass is 10.2. The Labute approximate surface area is 157 Å². The van der Waals surface area contributed by atoms with Crippen molar-refractivity contribution in [2.45, 2.75) is 13.5 Å². The van der Waals surface area contributed by atoms with Crippen molar-refractivity contribution in [3.63, 3.8) is 0 Å². The molecule has 0 bridgehead atoms. The minimum Gasteiger partial charge on any atom is -0.497 e. The SMILES string of the molecule is COc1ccc(CNc2ncnc(Nc3ccc(Cl)cc3C)c2N)cc1. The summed E-state index contributed by atoms with van der Waals surface area (Å²) in [5.41, 5.74) is 9.66. The molecule has 0 unspecified atom stereocenters. The van der Waals surface area contributed by atoms with Gasteiger partial charge in [-0.1, -0.05) is 23.7 Å². The first-order valence-electron chi connectivity index (χ1n) is 8.07. The van der Waals surface area contributed by atoms with E-state index in [9.17, 15) is 0 Å². The van der Waals surface area contributed by atoms with Gasteiger partial charge in [-0.05, 0) is 48.4 Å². The predicted octanol–water partition coefficient (Wildman–Crippen LogP) is 4.38. The van der Waals surface area contributed by atoms with E-state index in [0.29, 0.717) is 28.9 Å². The molecule has 1 aromatic heterocycles. The van der Waals surface area contributed by atoms with Crippen LogP contribution >= 0.6 is 11.6 Å². The van der Waals surface area contributed by atoms with Crippen molar-refractivity contribution in [1.29, 1.82) is 0 Å². The maximum absolute atomic E-state index is 6.22. The number of halogens is 1. The van der Waals surface area contributed by atoms with Crippen LogP contribution in [0.5, 0.6) is 5.75 Å². The zero-order valence-electron chi connectivity index (χ0n) is 14.6. The molecule has 0 aliphatic carbocycles. The van der Waals surface area contributed by atoms with Crippen LogP contribution in [0, 0.1) is 6.92 Å². The molecule has 134 valence electrons. The van der Waals surface area contributed by atoms with Crippen molar-refractivity contribution >= 4 is 34.6 Å². The Morgan fingerprint density at radius 3 is 2.50 bits per heavy atom. The summed E-state index contributed by atoms with van der Waals surface area (Å²) in [6, 6.07) is 13.4. The second-order valence-electron chi connectivity index (χ2n) is 5.77. The van der Waals surface area contributed by atoms with Crippen molar-refractivity contribution in [3.8, 4) is 5.75 Å². The summed E-state index contributed by atoms with van der Waals surface area (Å²) in [5.74, 6) is 1.94. The van der Waals surface area contributed by atoms with Gasteiger partial charge in [-0.2, -0.15) is 0 Å². The zero-order chi connectivity index (χ0) is 18.5. The Kier molecular flexibility index (Phi) is 5.43. The second kappa shape index (κ2) is 7.93. The van der Waals surface area contributed by atoms with E-state index >= 15 is 0 Å². The van der Waals surface area contributed by atoms with E-state index in [1.165, 1.54) is 6.33 Å². The molecule has 3 rings (SSSR count). The molecule has 0 spiro atoms. The van der Waals surface area contributed by atoms with Crippen molar-refractivity contribution in [2.24, 2.45) is 0 Å². The summed E-state index contributed by atoms with van der Waals surface area (Å²) in [5, 5.41) is 7.15. The van der Waals surface area contributed by atoms with E-state index in [-0.39, 0.29) is 0 Å². The van der Waals surface area contributed by atoms with Crippen molar-refractivity contribution < 1.29 is 4.74 Å². The maximum atomic E-state index is 6.22. The molecule has 26 heavy (non-hydrogen) atoms. The van der Waals surface area contributed by atoms with Crippen LogP contribution < -0.4 is 21.1 Å². The van der Waals surface area contributed by atoms with Crippen LogP contribution in [-0.4, -0.2) is 17.1 Å². The standard InChI is InChI=1S/C19H20ClN5O/c1-12-9-14(20)5-8-16(12)25-19-17(21)18(23-11-24-19)22-10-13-3-6-15(26-2)7-4-13/h3-9,11H,10,21H2,1-2H3,(H2,22,23,24,25). The van der Waals surface area contributed by atoms with Crippen LogP contribution in [-0.2, 0) is 6.54 Å². The van der Waals surface area contributed by atoms with Gasteiger partial charge in [0, 0.05) is 17.3 Å². The van der Waals surface area contributed by atoms with Crippen LogP contribution in [0.1, 0.15) is 11.1 Å². The van der Waals surface area contributed by atoms with E-state index in [0.717, 1.165) is 22.6 Å². The highest BCUT2D eigenvalue weighted by Crippen LogP contribution is 2.28. The molecule has 0 radical (unpaired) electrons. The maximum Gasteiger partial charge on any atom is 0.159 e. The first-order chi connectivity index (χ1) is 12.6. The summed E-state index contributed by atoms with van der Waals surface area (Å²) in [6.07, 6.45) is 1.47. The monoisotopic (exact) mass is 369 g/mol. The van der Waals surface area contributed by atoms with Crippen LogP contribution in [0.3, 0.4) is 0 Å². The molecule has 0 aliphatic rings. The quantitative estimate of drug-likeness (QED) is 0.597. The van der Waals surface area contributed by atoms with Crippen molar-refractivity contribution in [2.75, 3.05) is 23.5 Å². The van der Waals surface area contributed by atoms with Crippen LogP contribution in [0.2, 0.25) is 5.02 Å². The molecule has 0 aliphatic heterocycles. The van der Waals surface area contributed by atoms with Gasteiger partial charge in [-0.25, -0.2) is 9.97 Å². The molecule has 1 heterocycles. The van der Waals surface area contributed by atoms with Gasteiger partial charge in [0.1, 0.15) is 17.8 Å². The minimum atomic E-state index is 0.454. The van der Waals surface area contributed by atoms with Crippen molar-refractivity contribution in [1.82, 2.24) is 9.97 Å². The molecule has 7 heteroatoms. The zero-order valence-corrected chi connectivity index (χ0v) is 15.3. The van der Waals surface area contributed by atoms with Crippen LogP contribution in [0.4, 0.5) is 23.0 Å². The lowest BCUT2D eigenvalue weighted by molar-refractivity contribution is 0.414. The number of nitrogens with zero attached hydrogens (tertiary/aromatic N) is 2.